The van der Waals surface area contributed by atoms with E-state index in [0.29, 0.717) is 12.1 Å². The molecule has 1 rings (SSSR count). The first-order valence-electron chi connectivity index (χ1n) is 4.03. The van der Waals surface area contributed by atoms with E-state index in [-0.39, 0.29) is 11.8 Å². The lowest BCUT2D eigenvalue weighted by molar-refractivity contribution is -0.137. The van der Waals surface area contributed by atoms with E-state index in [9.17, 15) is 26.4 Å². The minimum absolute atomic E-state index is 0.205. The van der Waals surface area contributed by atoms with Gasteiger partial charge in [0.25, 0.3) is 0 Å². The Bertz CT molecular complexity index is 517. The van der Waals surface area contributed by atoms with Crippen LogP contribution in [-0.2, 0) is 16.0 Å². The first kappa shape index (κ1) is 12.7. The summed E-state index contributed by atoms with van der Waals surface area (Å²) in [7, 11) is -3.86. The fraction of sp³-hybridized carbons (Fsp3) is 0.222. The van der Waals surface area contributed by atoms with Gasteiger partial charge in [0.1, 0.15) is 0 Å². The minimum atomic E-state index is -4.64. The lowest BCUT2D eigenvalue weighted by atomic mass is 10.1. The molecule has 0 unspecified atom stereocenters. The fourth-order valence-electron chi connectivity index (χ4n) is 1.13. The molecule has 16 heavy (non-hydrogen) atoms. The second kappa shape index (κ2) is 3.89. The molecule has 0 heterocycles. The van der Waals surface area contributed by atoms with Gasteiger partial charge in [-0.3, -0.25) is 4.79 Å². The summed E-state index contributed by atoms with van der Waals surface area (Å²) in [5.41, 5.74) is -1.38. The number of sulfone groups is 1. The highest BCUT2D eigenvalue weighted by atomic mass is 32.2. The molecule has 0 aliphatic heterocycles. The summed E-state index contributed by atoms with van der Waals surface area (Å²) < 4.78 is 59.3. The molecule has 0 saturated heterocycles. The summed E-state index contributed by atoms with van der Waals surface area (Å²) in [5.74, 6) is 0. The van der Waals surface area contributed by atoms with Crippen LogP contribution >= 0.6 is 0 Å². The summed E-state index contributed by atoms with van der Waals surface area (Å²) in [6.45, 7) is 0. The van der Waals surface area contributed by atoms with Crippen LogP contribution in [0.1, 0.15) is 15.9 Å². The zero-order valence-corrected chi connectivity index (χ0v) is 8.89. The molecule has 1 aromatic rings. The SMILES string of the molecule is CS(=O)(=O)c1cc(C(F)(F)F)ccc1C=O. The van der Waals surface area contributed by atoms with Crippen molar-refractivity contribution in [3.05, 3.63) is 29.3 Å². The van der Waals surface area contributed by atoms with E-state index >= 15 is 0 Å². The van der Waals surface area contributed by atoms with Crippen LogP contribution in [0.5, 0.6) is 0 Å². The third-order valence-electron chi connectivity index (χ3n) is 1.87. The van der Waals surface area contributed by atoms with Crippen LogP contribution in [0.3, 0.4) is 0 Å². The molecular formula is C9H7F3O3S. The monoisotopic (exact) mass is 252 g/mol. The van der Waals surface area contributed by atoms with E-state index in [1.165, 1.54) is 0 Å². The number of hydrogen-bond acceptors (Lipinski definition) is 3. The molecule has 0 aliphatic rings. The molecule has 0 bridgehead atoms. The summed E-state index contributed by atoms with van der Waals surface area (Å²) in [6, 6.07) is 1.96. The van der Waals surface area contributed by atoms with Crippen molar-refractivity contribution in [2.45, 2.75) is 11.1 Å². The molecule has 0 aromatic heterocycles. The summed E-state index contributed by atoms with van der Waals surface area (Å²) in [6.07, 6.45) is -3.69. The van der Waals surface area contributed by atoms with Gasteiger partial charge in [0.05, 0.1) is 10.5 Å². The number of alkyl halides is 3. The van der Waals surface area contributed by atoms with E-state index in [1.54, 1.807) is 0 Å². The topological polar surface area (TPSA) is 51.2 Å². The maximum atomic E-state index is 12.3. The Morgan fingerprint density at radius 3 is 2.19 bits per heavy atom. The standard InChI is InChI=1S/C9H7F3O3S/c1-16(14,15)8-4-7(9(10,11)12)3-2-6(8)5-13/h2-5H,1H3. The number of aldehydes is 1. The molecule has 0 fully saturated rings. The van der Waals surface area contributed by atoms with Crippen LogP contribution in [-0.4, -0.2) is 21.0 Å². The molecule has 0 saturated carbocycles. The molecule has 0 atom stereocenters. The van der Waals surface area contributed by atoms with Gasteiger partial charge < -0.3 is 0 Å². The van der Waals surface area contributed by atoms with Crippen molar-refractivity contribution in [2.75, 3.05) is 6.26 Å². The number of hydrogen-bond donors (Lipinski definition) is 0. The zero-order chi connectivity index (χ0) is 12.6. The van der Waals surface area contributed by atoms with Gasteiger partial charge in [-0.15, -0.1) is 0 Å². The second-order valence-corrected chi connectivity index (χ2v) is 5.12. The fourth-order valence-corrected chi connectivity index (χ4v) is 2.01. The molecule has 0 spiro atoms. The first-order chi connectivity index (χ1) is 7.16. The molecule has 0 radical (unpaired) electrons. The number of carbonyl (C=O) groups excluding carboxylic acids is 1. The minimum Gasteiger partial charge on any atom is -0.298 e. The van der Waals surface area contributed by atoms with Gasteiger partial charge in [0.2, 0.25) is 0 Å². The molecule has 0 N–H and O–H groups in total. The van der Waals surface area contributed by atoms with Crippen molar-refractivity contribution < 1.29 is 26.4 Å². The highest BCUT2D eigenvalue weighted by molar-refractivity contribution is 7.90. The first-order valence-corrected chi connectivity index (χ1v) is 5.92. The average Bonchev–Trinajstić information content (AvgIpc) is 2.14. The molecule has 0 aliphatic carbocycles. The largest absolute Gasteiger partial charge is 0.416 e. The Balaban J connectivity index is 3.52. The lowest BCUT2D eigenvalue weighted by Crippen LogP contribution is -2.09. The van der Waals surface area contributed by atoms with Gasteiger partial charge in [-0.25, -0.2) is 8.42 Å². The van der Waals surface area contributed by atoms with Crippen LogP contribution in [0.15, 0.2) is 23.1 Å². The van der Waals surface area contributed by atoms with Gasteiger partial charge in [-0.05, 0) is 18.2 Å². The molecule has 1 aromatic carbocycles. The van der Waals surface area contributed by atoms with Gasteiger partial charge in [-0.2, -0.15) is 13.2 Å². The third kappa shape index (κ3) is 2.60. The van der Waals surface area contributed by atoms with Gasteiger partial charge in [-0.1, -0.05) is 0 Å². The van der Waals surface area contributed by atoms with Crippen molar-refractivity contribution >= 4 is 16.1 Å². The number of rotatable bonds is 2. The van der Waals surface area contributed by atoms with Crippen LogP contribution in [0.25, 0.3) is 0 Å². The maximum Gasteiger partial charge on any atom is 0.416 e. The summed E-state index contributed by atoms with van der Waals surface area (Å²) in [4.78, 5) is 9.88. The zero-order valence-electron chi connectivity index (χ0n) is 8.08. The van der Waals surface area contributed by atoms with E-state index in [2.05, 4.69) is 0 Å². The highest BCUT2D eigenvalue weighted by Gasteiger charge is 2.32. The van der Waals surface area contributed by atoms with Crippen molar-refractivity contribution in [1.29, 1.82) is 0 Å². The lowest BCUT2D eigenvalue weighted by Gasteiger charge is -2.09. The summed E-state index contributed by atoms with van der Waals surface area (Å²) in [5, 5.41) is 0. The van der Waals surface area contributed by atoms with E-state index in [1.807, 2.05) is 0 Å². The van der Waals surface area contributed by atoms with E-state index < -0.39 is 26.5 Å². The normalized spacial score (nSPS) is 12.5. The predicted molar refractivity (Wildman–Crippen MR) is 49.9 cm³/mol. The number of halogens is 3. The van der Waals surface area contributed by atoms with Crippen LogP contribution in [0.2, 0.25) is 0 Å². The van der Waals surface area contributed by atoms with Crippen molar-refractivity contribution in [2.24, 2.45) is 0 Å². The molecule has 88 valence electrons. The third-order valence-corrected chi connectivity index (χ3v) is 3.02. The quantitative estimate of drug-likeness (QED) is 0.755. The summed E-state index contributed by atoms with van der Waals surface area (Å²) >= 11 is 0. The van der Waals surface area contributed by atoms with Gasteiger partial charge >= 0.3 is 6.18 Å². The second-order valence-electron chi connectivity index (χ2n) is 3.14. The van der Waals surface area contributed by atoms with Crippen molar-refractivity contribution in [3.63, 3.8) is 0 Å². The average molecular weight is 252 g/mol. The van der Waals surface area contributed by atoms with Crippen LogP contribution in [0, 0.1) is 0 Å². The smallest absolute Gasteiger partial charge is 0.298 e. The maximum absolute atomic E-state index is 12.3. The highest BCUT2D eigenvalue weighted by Crippen LogP contribution is 2.31. The number of carbonyl (C=O) groups is 1. The molecule has 0 amide bonds. The van der Waals surface area contributed by atoms with Crippen LogP contribution < -0.4 is 0 Å². The Kier molecular flexibility index (Phi) is 3.09. The van der Waals surface area contributed by atoms with Crippen molar-refractivity contribution in [1.82, 2.24) is 0 Å². The van der Waals surface area contributed by atoms with Gasteiger partial charge in [0, 0.05) is 11.8 Å². The number of benzene rings is 1. The molecular weight excluding hydrogens is 245 g/mol. The van der Waals surface area contributed by atoms with E-state index in [0.717, 1.165) is 12.3 Å². The van der Waals surface area contributed by atoms with Crippen LogP contribution in [0.4, 0.5) is 13.2 Å². The Morgan fingerprint density at radius 1 is 1.25 bits per heavy atom. The van der Waals surface area contributed by atoms with Crippen molar-refractivity contribution in [3.8, 4) is 0 Å². The molecule has 3 nitrogen and oxygen atoms in total. The van der Waals surface area contributed by atoms with E-state index in [4.69, 9.17) is 0 Å². The Morgan fingerprint density at radius 2 is 1.81 bits per heavy atom. The van der Waals surface area contributed by atoms with Gasteiger partial charge in [0.15, 0.2) is 16.1 Å². The molecule has 7 heteroatoms. The Labute approximate surface area is 89.8 Å². The Hall–Kier alpha value is -1.37. The predicted octanol–water partition coefficient (Wildman–Crippen LogP) is 1.92.